The van der Waals surface area contributed by atoms with E-state index in [0.29, 0.717) is 0 Å². The molecule has 2 aliphatic heterocycles. The fraction of sp³-hybridized carbons (Fsp3) is 0.270. The van der Waals surface area contributed by atoms with Crippen LogP contribution >= 0.6 is 22.7 Å². The van der Waals surface area contributed by atoms with Crippen molar-refractivity contribution in [2.75, 3.05) is 9.80 Å². The number of hydrogen-bond acceptors (Lipinski definition) is 4. The third-order valence-corrected chi connectivity index (χ3v) is 16.6. The van der Waals surface area contributed by atoms with Crippen molar-refractivity contribution in [3.8, 4) is 22.3 Å². The maximum atomic E-state index is 2.64. The van der Waals surface area contributed by atoms with Crippen molar-refractivity contribution < 1.29 is 0 Å². The molecule has 2 aromatic heterocycles. The Kier molecular flexibility index (Phi) is 10.2. The Morgan fingerprint density at radius 1 is 0.368 bits per heavy atom. The van der Waals surface area contributed by atoms with Crippen molar-refractivity contribution in [2.24, 2.45) is 0 Å². The molecule has 0 aliphatic carbocycles. The van der Waals surface area contributed by atoms with Gasteiger partial charge < -0.3 is 9.80 Å². The van der Waals surface area contributed by atoms with E-state index in [4.69, 9.17) is 0 Å². The molecule has 0 amide bonds. The van der Waals surface area contributed by atoms with Crippen LogP contribution in [-0.4, -0.2) is 6.71 Å². The number of thiophene rings is 2. The number of anilines is 6. The van der Waals surface area contributed by atoms with Gasteiger partial charge in [0.2, 0.25) is 0 Å². The second kappa shape index (κ2) is 15.6. The van der Waals surface area contributed by atoms with Gasteiger partial charge in [-0.05, 0) is 144 Å². The molecule has 0 atom stereocenters. The predicted octanol–water partition coefficient (Wildman–Crippen LogP) is 17.0. The summed E-state index contributed by atoms with van der Waals surface area (Å²) >= 11 is 3.69. The SMILES string of the molecule is Cc1cc2c3c(c1)N(c1ccc(C(C)(C)C)cc1-c1csc4ccccc14)c1ccc(C(C)(C)C)cc1B3c1cc(C(C)(C)C)ccc1N2c1ccc(C(C)(C)C)cc1-c1csc2ccccc12. The van der Waals surface area contributed by atoms with Gasteiger partial charge in [0.15, 0.2) is 0 Å². The van der Waals surface area contributed by atoms with E-state index >= 15 is 0 Å². The molecule has 11 rings (SSSR count). The van der Waals surface area contributed by atoms with Crippen LogP contribution in [0.3, 0.4) is 0 Å². The maximum Gasteiger partial charge on any atom is 0.252 e. The van der Waals surface area contributed by atoms with E-state index in [1.54, 1.807) is 0 Å². The van der Waals surface area contributed by atoms with Crippen molar-refractivity contribution in [3.05, 3.63) is 172 Å². The molecule has 0 N–H and O–H groups in total. The monoisotopic (exact) mass is 922 g/mol. The van der Waals surface area contributed by atoms with Crippen molar-refractivity contribution in [2.45, 2.75) is 112 Å². The molecular weight excluding hydrogens is 860 g/mol. The second-order valence-corrected chi connectivity index (χ2v) is 25.4. The van der Waals surface area contributed by atoms with Crippen LogP contribution in [0.2, 0.25) is 0 Å². The highest BCUT2D eigenvalue weighted by Gasteiger charge is 2.45. The summed E-state index contributed by atoms with van der Waals surface area (Å²) in [6, 6.07) is 52.2. The van der Waals surface area contributed by atoms with E-state index in [0.717, 1.165) is 0 Å². The average molecular weight is 923 g/mol. The molecule has 0 bridgehead atoms. The Labute approximate surface area is 413 Å². The minimum atomic E-state index is -0.0465. The molecule has 5 heteroatoms. The molecular formula is C63H63BN2S2. The summed E-state index contributed by atoms with van der Waals surface area (Å²) in [4.78, 5) is 5.29. The molecule has 0 fully saturated rings. The predicted molar refractivity (Wildman–Crippen MR) is 302 cm³/mol. The normalized spacial score (nSPS) is 13.9. The molecule has 7 aromatic carbocycles. The van der Waals surface area contributed by atoms with E-state index < -0.39 is 0 Å². The minimum Gasteiger partial charge on any atom is -0.311 e. The number of fused-ring (bicyclic) bond motifs is 6. The summed E-state index contributed by atoms with van der Waals surface area (Å²) < 4.78 is 2.62. The average Bonchev–Trinajstić information content (AvgIpc) is 3.92. The first-order chi connectivity index (χ1) is 32.2. The van der Waals surface area contributed by atoms with Gasteiger partial charge in [0, 0.05) is 65.2 Å². The van der Waals surface area contributed by atoms with Crippen LogP contribution in [0.1, 0.15) is 111 Å². The summed E-state index contributed by atoms with van der Waals surface area (Å²) in [5, 5.41) is 7.38. The van der Waals surface area contributed by atoms with Gasteiger partial charge in [-0.2, -0.15) is 0 Å². The van der Waals surface area contributed by atoms with Gasteiger partial charge in [-0.25, -0.2) is 0 Å². The third kappa shape index (κ3) is 7.26. The van der Waals surface area contributed by atoms with Crippen LogP contribution in [0.15, 0.2) is 144 Å². The quantitative estimate of drug-likeness (QED) is 0.162. The highest BCUT2D eigenvalue weighted by molar-refractivity contribution is 7.18. The summed E-state index contributed by atoms with van der Waals surface area (Å²) in [6.45, 7) is 30.4. The lowest BCUT2D eigenvalue weighted by Gasteiger charge is -2.46. The molecule has 68 heavy (non-hydrogen) atoms. The van der Waals surface area contributed by atoms with E-state index in [1.165, 1.54) is 121 Å². The van der Waals surface area contributed by atoms with Gasteiger partial charge >= 0.3 is 0 Å². The van der Waals surface area contributed by atoms with Gasteiger partial charge in [-0.15, -0.1) is 22.7 Å². The fourth-order valence-electron chi connectivity index (χ4n) is 10.8. The molecule has 9 aromatic rings. The zero-order chi connectivity index (χ0) is 47.8. The Bertz CT molecular complexity index is 3260. The van der Waals surface area contributed by atoms with Crippen molar-refractivity contribution in [3.63, 3.8) is 0 Å². The summed E-state index contributed by atoms with van der Waals surface area (Å²) in [7, 11) is 0. The van der Waals surface area contributed by atoms with E-state index in [-0.39, 0.29) is 28.4 Å². The van der Waals surface area contributed by atoms with E-state index in [2.05, 4.69) is 244 Å². The van der Waals surface area contributed by atoms with Crippen LogP contribution < -0.4 is 26.2 Å². The molecule has 0 spiro atoms. The molecule has 340 valence electrons. The number of hydrogen-bond donors (Lipinski definition) is 0. The first-order valence-corrected chi connectivity index (χ1v) is 26.2. The van der Waals surface area contributed by atoms with Gasteiger partial charge in [0.05, 0.1) is 11.4 Å². The van der Waals surface area contributed by atoms with Crippen LogP contribution in [0, 0.1) is 6.92 Å². The maximum absolute atomic E-state index is 2.64. The Morgan fingerprint density at radius 3 is 1.10 bits per heavy atom. The number of benzene rings is 7. The standard InChI is InChI=1S/C63H63BN2S2/c1-38-30-55-59-56(31-38)66(52-27-23-40(61(5,6)7)33-46(52)48-37-68-58-21-17-15-19-44(48)58)54-29-25-42(63(11,12)13)35-50(54)64(59)49-34-41(62(8,9)10)24-28-53(49)65(55)51-26-22-39(60(2,3)4)32-45(51)47-36-67-57-20-16-14-18-43(47)57/h14-37H,1-13H3. The highest BCUT2D eigenvalue weighted by Crippen LogP contribution is 2.52. The Hall–Kier alpha value is -5.88. The van der Waals surface area contributed by atoms with Gasteiger partial charge in [0.1, 0.15) is 0 Å². The van der Waals surface area contributed by atoms with E-state index in [1.807, 2.05) is 22.7 Å². The zero-order valence-electron chi connectivity index (χ0n) is 42.1. The topological polar surface area (TPSA) is 6.48 Å². The summed E-state index contributed by atoms with van der Waals surface area (Å²) in [6.07, 6.45) is 0. The number of nitrogens with zero attached hydrogens (tertiary/aromatic N) is 2. The van der Waals surface area contributed by atoms with Crippen molar-refractivity contribution >= 4 is 100 Å². The fourth-order valence-corrected chi connectivity index (χ4v) is 12.7. The molecule has 0 saturated carbocycles. The number of aryl methyl sites for hydroxylation is 1. The van der Waals surface area contributed by atoms with Crippen molar-refractivity contribution in [1.82, 2.24) is 0 Å². The molecule has 0 saturated heterocycles. The smallest absolute Gasteiger partial charge is 0.252 e. The summed E-state index contributed by atoms with van der Waals surface area (Å²) in [5.41, 5.74) is 23.0. The molecule has 0 unspecified atom stereocenters. The lowest BCUT2D eigenvalue weighted by molar-refractivity contribution is 0.590. The van der Waals surface area contributed by atoms with Gasteiger partial charge in [-0.1, -0.05) is 156 Å². The lowest BCUT2D eigenvalue weighted by Crippen LogP contribution is -2.61. The van der Waals surface area contributed by atoms with Gasteiger partial charge in [0.25, 0.3) is 6.71 Å². The third-order valence-electron chi connectivity index (χ3n) is 14.7. The zero-order valence-corrected chi connectivity index (χ0v) is 43.8. The van der Waals surface area contributed by atoms with Crippen LogP contribution in [0.5, 0.6) is 0 Å². The van der Waals surface area contributed by atoms with E-state index in [9.17, 15) is 0 Å². The minimum absolute atomic E-state index is 0.00116. The molecule has 2 nitrogen and oxygen atoms in total. The first-order valence-electron chi connectivity index (χ1n) is 24.4. The Balaban J connectivity index is 1.27. The van der Waals surface area contributed by atoms with Crippen LogP contribution in [0.25, 0.3) is 42.4 Å². The first kappa shape index (κ1) is 44.6. The largest absolute Gasteiger partial charge is 0.311 e. The highest BCUT2D eigenvalue weighted by atomic mass is 32.1. The van der Waals surface area contributed by atoms with Crippen LogP contribution in [-0.2, 0) is 21.7 Å². The summed E-state index contributed by atoms with van der Waals surface area (Å²) in [5.74, 6) is 0. The molecule has 4 heterocycles. The number of rotatable bonds is 4. The Morgan fingerprint density at radius 2 is 0.721 bits per heavy atom. The molecule has 0 radical (unpaired) electrons. The van der Waals surface area contributed by atoms with Crippen LogP contribution in [0.4, 0.5) is 34.1 Å². The molecule has 2 aliphatic rings. The van der Waals surface area contributed by atoms with Crippen molar-refractivity contribution in [1.29, 1.82) is 0 Å². The lowest BCUT2D eigenvalue weighted by atomic mass is 9.33. The second-order valence-electron chi connectivity index (χ2n) is 23.6. The van der Waals surface area contributed by atoms with Gasteiger partial charge in [-0.3, -0.25) is 0 Å².